The summed E-state index contributed by atoms with van der Waals surface area (Å²) in [5, 5.41) is 12.6. The van der Waals surface area contributed by atoms with Gasteiger partial charge in [0.15, 0.2) is 0 Å². The first-order valence-electron chi connectivity index (χ1n) is 6.34. The summed E-state index contributed by atoms with van der Waals surface area (Å²) in [6, 6.07) is 0. The Morgan fingerprint density at radius 3 is 2.65 bits per heavy atom. The third-order valence-electron chi connectivity index (χ3n) is 2.76. The second-order valence-corrected chi connectivity index (χ2v) is 4.91. The van der Waals surface area contributed by atoms with Crippen LogP contribution in [0.25, 0.3) is 0 Å². The maximum absolute atomic E-state index is 11.7. The maximum Gasteiger partial charge on any atom is 0.236 e. The molecule has 1 heterocycles. The summed E-state index contributed by atoms with van der Waals surface area (Å²) in [6.07, 6.45) is 0.395. The zero-order valence-corrected chi connectivity index (χ0v) is 10.8. The van der Waals surface area contributed by atoms with E-state index in [1.165, 1.54) is 0 Å². The first-order valence-corrected chi connectivity index (χ1v) is 6.34. The number of rotatable bonds is 6. The fraction of sp³-hybridized carbons (Fsp3) is 0.917. The lowest BCUT2D eigenvalue weighted by Gasteiger charge is -2.27. The summed E-state index contributed by atoms with van der Waals surface area (Å²) >= 11 is 0. The quantitative estimate of drug-likeness (QED) is 0.682. The van der Waals surface area contributed by atoms with Gasteiger partial charge in [-0.3, -0.25) is 4.79 Å². The van der Waals surface area contributed by atoms with Gasteiger partial charge in [0.25, 0.3) is 0 Å². The number of nitrogens with one attached hydrogen (secondary N) is 1. The topological polar surface area (TPSA) is 61.8 Å². The lowest BCUT2D eigenvalue weighted by atomic mass is 10.1. The third kappa shape index (κ3) is 6.00. The average molecular weight is 244 g/mol. The van der Waals surface area contributed by atoms with Crippen LogP contribution in [0.3, 0.4) is 0 Å². The highest BCUT2D eigenvalue weighted by Gasteiger charge is 2.16. The van der Waals surface area contributed by atoms with E-state index in [1.54, 1.807) is 4.90 Å². The predicted molar refractivity (Wildman–Crippen MR) is 65.7 cm³/mol. The summed E-state index contributed by atoms with van der Waals surface area (Å²) in [4.78, 5) is 13.5. The number of aliphatic hydroxyl groups is 1. The van der Waals surface area contributed by atoms with Gasteiger partial charge < -0.3 is 20.1 Å². The SMILES string of the molecule is CC(C)CC(O)CNCC(=O)N1CCOCC1. The summed E-state index contributed by atoms with van der Waals surface area (Å²) in [6.45, 7) is 7.53. The Labute approximate surface area is 103 Å². The molecule has 1 aliphatic rings. The molecule has 5 nitrogen and oxygen atoms in total. The number of carbonyl (C=O) groups is 1. The van der Waals surface area contributed by atoms with Crippen LogP contribution >= 0.6 is 0 Å². The molecular weight excluding hydrogens is 220 g/mol. The lowest BCUT2D eigenvalue weighted by molar-refractivity contribution is -0.134. The molecule has 1 unspecified atom stereocenters. The highest BCUT2D eigenvalue weighted by atomic mass is 16.5. The van der Waals surface area contributed by atoms with Gasteiger partial charge in [-0.25, -0.2) is 0 Å². The van der Waals surface area contributed by atoms with Crippen molar-refractivity contribution >= 4 is 5.91 Å². The Morgan fingerprint density at radius 2 is 2.06 bits per heavy atom. The van der Waals surface area contributed by atoms with Crippen LogP contribution in [0.4, 0.5) is 0 Å². The van der Waals surface area contributed by atoms with Crippen molar-refractivity contribution in [2.24, 2.45) is 5.92 Å². The minimum atomic E-state index is -0.368. The molecule has 100 valence electrons. The van der Waals surface area contributed by atoms with Crippen LogP contribution in [-0.4, -0.2) is 61.4 Å². The van der Waals surface area contributed by atoms with Crippen molar-refractivity contribution in [2.75, 3.05) is 39.4 Å². The molecule has 0 saturated carbocycles. The van der Waals surface area contributed by atoms with Crippen LogP contribution in [0.5, 0.6) is 0 Å². The molecule has 1 aliphatic heterocycles. The molecule has 1 atom stereocenters. The number of amides is 1. The first kappa shape index (κ1) is 14.4. The number of hydrogen-bond acceptors (Lipinski definition) is 4. The van der Waals surface area contributed by atoms with Crippen LogP contribution in [0.2, 0.25) is 0 Å². The number of ether oxygens (including phenoxy) is 1. The molecule has 1 saturated heterocycles. The van der Waals surface area contributed by atoms with E-state index in [0.29, 0.717) is 45.3 Å². The number of aliphatic hydroxyl groups excluding tert-OH is 1. The minimum Gasteiger partial charge on any atom is -0.392 e. The van der Waals surface area contributed by atoms with Crippen molar-refractivity contribution in [3.05, 3.63) is 0 Å². The highest BCUT2D eigenvalue weighted by Crippen LogP contribution is 2.03. The van der Waals surface area contributed by atoms with E-state index >= 15 is 0 Å². The molecule has 0 aromatic heterocycles. The van der Waals surface area contributed by atoms with Gasteiger partial charge in [0.2, 0.25) is 5.91 Å². The van der Waals surface area contributed by atoms with Crippen molar-refractivity contribution in [3.8, 4) is 0 Å². The summed E-state index contributed by atoms with van der Waals surface area (Å²) in [5.41, 5.74) is 0. The van der Waals surface area contributed by atoms with Crippen molar-refractivity contribution in [1.29, 1.82) is 0 Å². The molecule has 0 aromatic carbocycles. The molecular formula is C12H24N2O3. The molecule has 5 heteroatoms. The Balaban J connectivity index is 2.10. The normalized spacial score (nSPS) is 18.5. The average Bonchev–Trinajstić information content (AvgIpc) is 2.29. The van der Waals surface area contributed by atoms with E-state index in [0.717, 1.165) is 6.42 Å². The summed E-state index contributed by atoms with van der Waals surface area (Å²) < 4.78 is 5.18. The fourth-order valence-corrected chi connectivity index (χ4v) is 1.90. The number of morpholine rings is 1. The fourth-order valence-electron chi connectivity index (χ4n) is 1.90. The second kappa shape index (κ2) is 7.63. The Kier molecular flexibility index (Phi) is 6.47. The molecule has 1 amide bonds. The van der Waals surface area contributed by atoms with E-state index in [1.807, 2.05) is 0 Å². The van der Waals surface area contributed by atoms with Crippen LogP contribution in [0.15, 0.2) is 0 Å². The number of nitrogens with zero attached hydrogens (tertiary/aromatic N) is 1. The van der Waals surface area contributed by atoms with E-state index in [2.05, 4.69) is 19.2 Å². The molecule has 0 aromatic rings. The second-order valence-electron chi connectivity index (χ2n) is 4.91. The third-order valence-corrected chi connectivity index (χ3v) is 2.76. The zero-order valence-electron chi connectivity index (χ0n) is 10.8. The van der Waals surface area contributed by atoms with Gasteiger partial charge in [-0.2, -0.15) is 0 Å². The van der Waals surface area contributed by atoms with E-state index < -0.39 is 0 Å². The predicted octanol–water partition coefficient (Wildman–Crippen LogP) is -0.158. The molecule has 0 spiro atoms. The molecule has 1 fully saturated rings. The van der Waals surface area contributed by atoms with Crippen molar-refractivity contribution < 1.29 is 14.6 Å². The molecule has 0 bridgehead atoms. The minimum absolute atomic E-state index is 0.0880. The van der Waals surface area contributed by atoms with E-state index in [-0.39, 0.29) is 12.0 Å². The van der Waals surface area contributed by atoms with Crippen LogP contribution in [0, 0.1) is 5.92 Å². The number of hydrogen-bond donors (Lipinski definition) is 2. The van der Waals surface area contributed by atoms with Crippen molar-refractivity contribution in [2.45, 2.75) is 26.4 Å². The van der Waals surface area contributed by atoms with Gasteiger partial charge in [-0.15, -0.1) is 0 Å². The first-order chi connectivity index (χ1) is 8.09. The van der Waals surface area contributed by atoms with Crippen LogP contribution < -0.4 is 5.32 Å². The van der Waals surface area contributed by atoms with Gasteiger partial charge >= 0.3 is 0 Å². The lowest BCUT2D eigenvalue weighted by Crippen LogP contribution is -2.45. The highest BCUT2D eigenvalue weighted by molar-refractivity contribution is 5.78. The summed E-state index contributed by atoms with van der Waals surface area (Å²) in [7, 11) is 0. The van der Waals surface area contributed by atoms with Gasteiger partial charge in [-0.1, -0.05) is 13.8 Å². The molecule has 1 rings (SSSR count). The maximum atomic E-state index is 11.7. The standard InChI is InChI=1S/C12H24N2O3/c1-10(2)7-11(15)8-13-9-12(16)14-3-5-17-6-4-14/h10-11,13,15H,3-9H2,1-2H3. The summed E-state index contributed by atoms with van der Waals surface area (Å²) in [5.74, 6) is 0.562. The van der Waals surface area contributed by atoms with Gasteiger partial charge in [0.05, 0.1) is 25.9 Å². The molecule has 0 radical (unpaired) electrons. The Bertz CT molecular complexity index is 228. The molecule has 17 heavy (non-hydrogen) atoms. The zero-order chi connectivity index (χ0) is 12.7. The van der Waals surface area contributed by atoms with Crippen LogP contribution in [0.1, 0.15) is 20.3 Å². The monoisotopic (exact) mass is 244 g/mol. The molecule has 2 N–H and O–H groups in total. The van der Waals surface area contributed by atoms with Gasteiger partial charge in [-0.05, 0) is 12.3 Å². The van der Waals surface area contributed by atoms with E-state index in [9.17, 15) is 9.90 Å². The smallest absolute Gasteiger partial charge is 0.236 e. The Hall–Kier alpha value is -0.650. The molecule has 0 aliphatic carbocycles. The van der Waals surface area contributed by atoms with Gasteiger partial charge in [0.1, 0.15) is 0 Å². The number of carbonyl (C=O) groups excluding carboxylic acids is 1. The van der Waals surface area contributed by atoms with Crippen LogP contribution in [-0.2, 0) is 9.53 Å². The van der Waals surface area contributed by atoms with Crippen molar-refractivity contribution in [3.63, 3.8) is 0 Å². The van der Waals surface area contributed by atoms with Gasteiger partial charge in [0, 0.05) is 19.6 Å². The van der Waals surface area contributed by atoms with E-state index in [4.69, 9.17) is 4.74 Å². The van der Waals surface area contributed by atoms with Crippen molar-refractivity contribution in [1.82, 2.24) is 10.2 Å². The Morgan fingerprint density at radius 1 is 1.41 bits per heavy atom. The largest absolute Gasteiger partial charge is 0.392 e.